The average molecular weight is 272 g/mol. The van der Waals surface area contributed by atoms with Crippen molar-refractivity contribution in [1.82, 2.24) is 0 Å². The highest BCUT2D eigenvalue weighted by molar-refractivity contribution is 9.10. The lowest BCUT2D eigenvalue weighted by Crippen LogP contribution is -2.29. The number of rotatable bonds is 5. The Balaban J connectivity index is 2.88. The molecule has 2 N–H and O–H groups in total. The van der Waals surface area contributed by atoms with Gasteiger partial charge in [-0.2, -0.15) is 0 Å². The second-order valence-corrected chi connectivity index (χ2v) is 4.42. The normalized spacial score (nSPS) is 14.9. The summed E-state index contributed by atoms with van der Waals surface area (Å²) in [5.74, 6) is 0. The Morgan fingerprint density at radius 3 is 2.67 bits per heavy atom. The molecule has 0 bridgehead atoms. The van der Waals surface area contributed by atoms with E-state index in [1.54, 1.807) is 0 Å². The number of hydrogen-bond acceptors (Lipinski definition) is 2. The summed E-state index contributed by atoms with van der Waals surface area (Å²) in [7, 11) is 0. The first kappa shape index (κ1) is 12.7. The number of ether oxygens (including phenoxy) is 1. The average Bonchev–Trinajstić information content (AvgIpc) is 2.25. The van der Waals surface area contributed by atoms with E-state index in [4.69, 9.17) is 10.5 Å². The van der Waals surface area contributed by atoms with E-state index in [1.165, 1.54) is 0 Å². The van der Waals surface area contributed by atoms with Gasteiger partial charge < -0.3 is 10.5 Å². The zero-order valence-corrected chi connectivity index (χ0v) is 10.8. The summed E-state index contributed by atoms with van der Waals surface area (Å²) in [5, 5.41) is 0. The molecule has 0 amide bonds. The molecule has 1 aromatic rings. The summed E-state index contributed by atoms with van der Waals surface area (Å²) in [4.78, 5) is 0. The van der Waals surface area contributed by atoms with Gasteiger partial charge in [0.1, 0.15) is 0 Å². The van der Waals surface area contributed by atoms with Crippen LogP contribution in [0.5, 0.6) is 0 Å². The predicted molar refractivity (Wildman–Crippen MR) is 66.8 cm³/mol. The Morgan fingerprint density at radius 1 is 1.40 bits per heavy atom. The molecule has 0 aliphatic heterocycles. The highest BCUT2D eigenvalue weighted by Crippen LogP contribution is 2.24. The van der Waals surface area contributed by atoms with Crippen LogP contribution in [-0.4, -0.2) is 12.6 Å². The third kappa shape index (κ3) is 3.59. The summed E-state index contributed by atoms with van der Waals surface area (Å²) in [6.07, 6.45) is 0.912. The van der Waals surface area contributed by atoms with Crippen LogP contribution in [0.3, 0.4) is 0 Å². The Labute approximate surface area is 99.9 Å². The fourth-order valence-electron chi connectivity index (χ4n) is 1.54. The summed E-state index contributed by atoms with van der Waals surface area (Å²) < 4.78 is 6.75. The van der Waals surface area contributed by atoms with Gasteiger partial charge in [-0.1, -0.05) is 35.0 Å². The van der Waals surface area contributed by atoms with E-state index in [0.29, 0.717) is 6.61 Å². The van der Waals surface area contributed by atoms with Gasteiger partial charge in [0.25, 0.3) is 0 Å². The van der Waals surface area contributed by atoms with Crippen LogP contribution in [-0.2, 0) is 4.74 Å². The second-order valence-electron chi connectivity index (χ2n) is 3.50. The second kappa shape index (κ2) is 6.26. The molecule has 15 heavy (non-hydrogen) atoms. The SMILES string of the molecule is CCOC(c1cccc(Br)c1)C(N)CC. The lowest BCUT2D eigenvalue weighted by molar-refractivity contribution is 0.0423. The van der Waals surface area contributed by atoms with Gasteiger partial charge in [-0.05, 0) is 31.0 Å². The molecule has 0 spiro atoms. The molecule has 3 heteroatoms. The lowest BCUT2D eigenvalue weighted by atomic mass is 10.0. The summed E-state index contributed by atoms with van der Waals surface area (Å²) in [5.41, 5.74) is 7.18. The van der Waals surface area contributed by atoms with Crippen LogP contribution in [0.25, 0.3) is 0 Å². The quantitative estimate of drug-likeness (QED) is 0.892. The van der Waals surface area contributed by atoms with Crippen LogP contribution in [0.1, 0.15) is 31.9 Å². The van der Waals surface area contributed by atoms with Gasteiger partial charge in [0.2, 0.25) is 0 Å². The predicted octanol–water partition coefficient (Wildman–Crippen LogP) is 3.26. The van der Waals surface area contributed by atoms with Crippen LogP contribution in [0.4, 0.5) is 0 Å². The molecule has 2 unspecified atom stereocenters. The van der Waals surface area contributed by atoms with Crippen LogP contribution in [0, 0.1) is 0 Å². The van der Waals surface area contributed by atoms with Crippen molar-refractivity contribution in [1.29, 1.82) is 0 Å². The van der Waals surface area contributed by atoms with Crippen molar-refractivity contribution >= 4 is 15.9 Å². The first-order valence-electron chi connectivity index (χ1n) is 5.31. The van der Waals surface area contributed by atoms with Crippen molar-refractivity contribution in [3.63, 3.8) is 0 Å². The van der Waals surface area contributed by atoms with Crippen molar-refractivity contribution in [2.24, 2.45) is 5.73 Å². The minimum Gasteiger partial charge on any atom is -0.372 e. The van der Waals surface area contributed by atoms with E-state index in [2.05, 4.69) is 35.0 Å². The van der Waals surface area contributed by atoms with E-state index < -0.39 is 0 Å². The van der Waals surface area contributed by atoms with E-state index in [0.717, 1.165) is 16.5 Å². The van der Waals surface area contributed by atoms with E-state index in [-0.39, 0.29) is 12.1 Å². The Hall–Kier alpha value is -0.380. The van der Waals surface area contributed by atoms with Gasteiger partial charge in [0, 0.05) is 17.1 Å². The number of benzene rings is 1. The largest absolute Gasteiger partial charge is 0.372 e. The molecule has 84 valence electrons. The molecule has 0 radical (unpaired) electrons. The molecule has 0 fully saturated rings. The van der Waals surface area contributed by atoms with Gasteiger partial charge in [0.05, 0.1) is 6.10 Å². The van der Waals surface area contributed by atoms with Gasteiger partial charge >= 0.3 is 0 Å². The molecule has 0 aliphatic rings. The Bertz CT molecular complexity index is 303. The molecule has 0 saturated heterocycles. The van der Waals surface area contributed by atoms with Crippen molar-refractivity contribution in [3.8, 4) is 0 Å². The van der Waals surface area contributed by atoms with E-state index >= 15 is 0 Å². The number of hydrogen-bond donors (Lipinski definition) is 1. The van der Waals surface area contributed by atoms with Gasteiger partial charge in [-0.25, -0.2) is 0 Å². The number of nitrogens with two attached hydrogens (primary N) is 1. The molecule has 2 nitrogen and oxygen atoms in total. The molecule has 0 saturated carbocycles. The third-order valence-electron chi connectivity index (χ3n) is 2.38. The number of halogens is 1. The van der Waals surface area contributed by atoms with Crippen molar-refractivity contribution in [2.45, 2.75) is 32.4 Å². The van der Waals surface area contributed by atoms with Gasteiger partial charge in [0.15, 0.2) is 0 Å². The maximum Gasteiger partial charge on any atom is 0.0975 e. The molecular formula is C12H18BrNO. The maximum absolute atomic E-state index is 6.05. The fourth-order valence-corrected chi connectivity index (χ4v) is 1.96. The van der Waals surface area contributed by atoms with Gasteiger partial charge in [-0.3, -0.25) is 0 Å². The molecular weight excluding hydrogens is 254 g/mol. The third-order valence-corrected chi connectivity index (χ3v) is 2.88. The van der Waals surface area contributed by atoms with Crippen LogP contribution in [0.15, 0.2) is 28.7 Å². The van der Waals surface area contributed by atoms with Gasteiger partial charge in [-0.15, -0.1) is 0 Å². The zero-order valence-electron chi connectivity index (χ0n) is 9.24. The standard InChI is InChI=1S/C12H18BrNO/c1-3-11(14)12(15-4-2)9-6-5-7-10(13)8-9/h5-8,11-12H,3-4,14H2,1-2H3. The maximum atomic E-state index is 6.05. The molecule has 0 aromatic heterocycles. The first-order chi connectivity index (χ1) is 7.19. The summed E-state index contributed by atoms with van der Waals surface area (Å²) in [6.45, 7) is 4.76. The topological polar surface area (TPSA) is 35.2 Å². The summed E-state index contributed by atoms with van der Waals surface area (Å²) >= 11 is 3.46. The monoisotopic (exact) mass is 271 g/mol. The van der Waals surface area contributed by atoms with Crippen molar-refractivity contribution in [3.05, 3.63) is 34.3 Å². The summed E-state index contributed by atoms with van der Waals surface area (Å²) in [6, 6.07) is 8.19. The molecule has 0 heterocycles. The van der Waals surface area contributed by atoms with E-state index in [9.17, 15) is 0 Å². The van der Waals surface area contributed by atoms with Crippen LogP contribution >= 0.6 is 15.9 Å². The van der Waals surface area contributed by atoms with Crippen LogP contribution < -0.4 is 5.73 Å². The molecule has 1 aromatic carbocycles. The minimum absolute atomic E-state index is 0.00231. The Kier molecular flexibility index (Phi) is 5.29. The highest BCUT2D eigenvalue weighted by atomic mass is 79.9. The van der Waals surface area contributed by atoms with E-state index in [1.807, 2.05) is 19.1 Å². The van der Waals surface area contributed by atoms with Crippen molar-refractivity contribution < 1.29 is 4.74 Å². The highest BCUT2D eigenvalue weighted by Gasteiger charge is 2.18. The smallest absolute Gasteiger partial charge is 0.0975 e. The van der Waals surface area contributed by atoms with Crippen molar-refractivity contribution in [2.75, 3.05) is 6.61 Å². The minimum atomic E-state index is -0.00231. The lowest BCUT2D eigenvalue weighted by Gasteiger charge is -2.23. The zero-order chi connectivity index (χ0) is 11.3. The molecule has 2 atom stereocenters. The fraction of sp³-hybridized carbons (Fsp3) is 0.500. The Morgan fingerprint density at radius 2 is 2.13 bits per heavy atom. The first-order valence-corrected chi connectivity index (χ1v) is 6.11. The molecule has 1 rings (SSSR count). The molecule has 0 aliphatic carbocycles. The van der Waals surface area contributed by atoms with Crippen LogP contribution in [0.2, 0.25) is 0 Å².